The van der Waals surface area contributed by atoms with Crippen LogP contribution >= 0.6 is 12.4 Å². The third-order valence-electron chi connectivity index (χ3n) is 2.19. The lowest BCUT2D eigenvalue weighted by molar-refractivity contribution is -0.153. The van der Waals surface area contributed by atoms with Crippen LogP contribution in [0.25, 0.3) is 0 Å². The van der Waals surface area contributed by atoms with Gasteiger partial charge in [-0.25, -0.2) is 0 Å². The number of para-hydroxylation sites is 1. The predicted molar refractivity (Wildman–Crippen MR) is 59.0 cm³/mol. The summed E-state index contributed by atoms with van der Waals surface area (Å²) < 4.78 is 36.4. The van der Waals surface area contributed by atoms with E-state index < -0.39 is 24.7 Å². The zero-order chi connectivity index (χ0) is 12.3. The van der Waals surface area contributed by atoms with E-state index in [9.17, 15) is 23.4 Å². The van der Waals surface area contributed by atoms with Gasteiger partial charge < -0.3 is 15.9 Å². The van der Waals surface area contributed by atoms with Gasteiger partial charge >= 0.3 is 6.18 Å². The van der Waals surface area contributed by atoms with Gasteiger partial charge in [0.1, 0.15) is 11.8 Å². The van der Waals surface area contributed by atoms with Gasteiger partial charge in [0.05, 0.1) is 6.10 Å². The number of halogens is 4. The van der Waals surface area contributed by atoms with Gasteiger partial charge in [-0.15, -0.1) is 12.4 Å². The molecule has 0 saturated carbocycles. The van der Waals surface area contributed by atoms with Crippen LogP contribution in [0.5, 0.6) is 5.75 Å². The molecular formula is C10H13ClF3NO2. The minimum Gasteiger partial charge on any atom is -0.508 e. The monoisotopic (exact) mass is 271 g/mol. The largest absolute Gasteiger partial charge is 0.508 e. The van der Waals surface area contributed by atoms with E-state index in [2.05, 4.69) is 0 Å². The highest BCUT2D eigenvalue weighted by Crippen LogP contribution is 2.30. The molecule has 17 heavy (non-hydrogen) atoms. The molecule has 1 aromatic rings. The van der Waals surface area contributed by atoms with Crippen LogP contribution in [0.3, 0.4) is 0 Å². The number of phenolic OH excluding ortho intramolecular Hbond substituents is 1. The molecule has 1 rings (SSSR count). The Balaban J connectivity index is 0.00000256. The summed E-state index contributed by atoms with van der Waals surface area (Å²) >= 11 is 0. The summed E-state index contributed by atoms with van der Waals surface area (Å²) in [6.45, 7) is 0. The van der Waals surface area contributed by atoms with Crippen LogP contribution in [0, 0.1) is 0 Å². The van der Waals surface area contributed by atoms with Gasteiger partial charge in [-0.2, -0.15) is 13.2 Å². The van der Waals surface area contributed by atoms with Crippen molar-refractivity contribution in [1.29, 1.82) is 0 Å². The summed E-state index contributed by atoms with van der Waals surface area (Å²) in [5.41, 5.74) is 4.92. The molecule has 0 spiro atoms. The molecular weight excluding hydrogens is 259 g/mol. The number of aliphatic hydroxyl groups is 1. The quantitative estimate of drug-likeness (QED) is 0.789. The van der Waals surface area contributed by atoms with E-state index >= 15 is 0 Å². The Bertz CT molecular complexity index is 360. The van der Waals surface area contributed by atoms with Crippen molar-refractivity contribution in [3.8, 4) is 5.75 Å². The summed E-state index contributed by atoms with van der Waals surface area (Å²) in [5, 5.41) is 18.8. The van der Waals surface area contributed by atoms with Crippen LogP contribution in [0.4, 0.5) is 13.2 Å². The second kappa shape index (κ2) is 6.09. The summed E-state index contributed by atoms with van der Waals surface area (Å²) in [7, 11) is 0. The maximum atomic E-state index is 12.1. The Labute approximate surface area is 102 Å². The van der Waals surface area contributed by atoms with Crippen LogP contribution in [0.2, 0.25) is 0 Å². The van der Waals surface area contributed by atoms with Gasteiger partial charge in [0.25, 0.3) is 0 Å². The first-order chi connectivity index (χ1) is 7.32. The highest BCUT2D eigenvalue weighted by atomic mass is 35.5. The third kappa shape index (κ3) is 4.41. The van der Waals surface area contributed by atoms with E-state index in [1.165, 1.54) is 24.3 Å². The molecule has 7 heteroatoms. The predicted octanol–water partition coefficient (Wildman–Crippen LogP) is 2.13. The zero-order valence-electron chi connectivity index (χ0n) is 8.69. The van der Waals surface area contributed by atoms with Crippen molar-refractivity contribution in [1.82, 2.24) is 0 Å². The van der Waals surface area contributed by atoms with Gasteiger partial charge in [-0.3, -0.25) is 0 Å². The topological polar surface area (TPSA) is 66.5 Å². The first-order valence-corrected chi connectivity index (χ1v) is 4.60. The Morgan fingerprint density at radius 1 is 1.24 bits per heavy atom. The molecule has 0 aliphatic rings. The molecule has 0 aromatic heterocycles. The van der Waals surface area contributed by atoms with Crippen molar-refractivity contribution in [3.63, 3.8) is 0 Å². The van der Waals surface area contributed by atoms with E-state index in [-0.39, 0.29) is 23.7 Å². The molecule has 0 amide bonds. The highest BCUT2D eigenvalue weighted by molar-refractivity contribution is 5.85. The number of alkyl halides is 3. The van der Waals surface area contributed by atoms with E-state index in [1.807, 2.05) is 0 Å². The number of nitrogens with two attached hydrogens (primary N) is 1. The smallest absolute Gasteiger partial charge is 0.403 e. The molecule has 0 bridgehead atoms. The van der Waals surface area contributed by atoms with Crippen LogP contribution < -0.4 is 5.73 Å². The first-order valence-electron chi connectivity index (χ1n) is 4.60. The van der Waals surface area contributed by atoms with Crippen molar-refractivity contribution in [2.75, 3.05) is 0 Å². The van der Waals surface area contributed by atoms with Crippen molar-refractivity contribution in [2.24, 2.45) is 5.73 Å². The van der Waals surface area contributed by atoms with Crippen LogP contribution in [-0.4, -0.2) is 22.4 Å². The normalized spacial score (nSPS) is 14.9. The second-order valence-corrected chi connectivity index (χ2v) is 3.46. The average molecular weight is 272 g/mol. The van der Waals surface area contributed by atoms with Crippen LogP contribution in [-0.2, 0) is 0 Å². The molecule has 0 heterocycles. The van der Waals surface area contributed by atoms with Gasteiger partial charge in [0, 0.05) is 12.0 Å². The number of hydrogen-bond acceptors (Lipinski definition) is 3. The summed E-state index contributed by atoms with van der Waals surface area (Å²) in [6, 6.07) is 3.55. The van der Waals surface area contributed by atoms with E-state index in [1.54, 1.807) is 0 Å². The van der Waals surface area contributed by atoms with E-state index in [4.69, 9.17) is 5.73 Å². The van der Waals surface area contributed by atoms with Gasteiger partial charge in [0.2, 0.25) is 0 Å². The van der Waals surface area contributed by atoms with Crippen LogP contribution in [0.15, 0.2) is 24.3 Å². The fraction of sp³-hybridized carbons (Fsp3) is 0.400. The Morgan fingerprint density at radius 2 is 1.76 bits per heavy atom. The molecule has 1 aromatic carbocycles. The number of phenols is 1. The van der Waals surface area contributed by atoms with Crippen molar-refractivity contribution < 1.29 is 23.4 Å². The lowest BCUT2D eigenvalue weighted by Gasteiger charge is -2.19. The summed E-state index contributed by atoms with van der Waals surface area (Å²) in [5.74, 6) is -0.246. The maximum absolute atomic E-state index is 12.1. The Kier molecular flexibility index (Phi) is 5.74. The van der Waals surface area contributed by atoms with Crippen LogP contribution in [0.1, 0.15) is 18.1 Å². The minimum absolute atomic E-state index is 0. The number of aliphatic hydroxyl groups excluding tert-OH is 1. The lowest BCUT2D eigenvalue weighted by atomic mass is 10.0. The molecule has 4 N–H and O–H groups in total. The number of hydrogen-bond donors (Lipinski definition) is 3. The van der Waals surface area contributed by atoms with Crippen molar-refractivity contribution in [3.05, 3.63) is 29.8 Å². The average Bonchev–Trinajstić information content (AvgIpc) is 2.16. The molecule has 0 saturated heterocycles. The number of aromatic hydroxyl groups is 1. The van der Waals surface area contributed by atoms with Crippen molar-refractivity contribution >= 4 is 12.4 Å². The summed E-state index contributed by atoms with van der Waals surface area (Å²) in [6.07, 6.45) is -6.66. The summed E-state index contributed by atoms with van der Waals surface area (Å²) in [4.78, 5) is 0. The Morgan fingerprint density at radius 3 is 2.24 bits per heavy atom. The molecule has 0 aliphatic heterocycles. The Hall–Kier alpha value is -0.980. The molecule has 0 unspecified atom stereocenters. The maximum Gasteiger partial charge on any atom is 0.403 e. The molecule has 98 valence electrons. The lowest BCUT2D eigenvalue weighted by Crippen LogP contribution is -2.38. The number of rotatable bonds is 3. The SMILES string of the molecule is Cl.N[C@@H](C[C@@H](O)c1ccccc1O)C(F)(F)F. The molecule has 3 nitrogen and oxygen atoms in total. The first kappa shape index (κ1) is 16.0. The van der Waals surface area contributed by atoms with Gasteiger partial charge in [-0.1, -0.05) is 18.2 Å². The molecule has 0 fully saturated rings. The zero-order valence-corrected chi connectivity index (χ0v) is 9.50. The van der Waals surface area contributed by atoms with Gasteiger partial charge in [0.15, 0.2) is 0 Å². The molecule has 0 radical (unpaired) electrons. The second-order valence-electron chi connectivity index (χ2n) is 3.46. The van der Waals surface area contributed by atoms with Gasteiger partial charge in [-0.05, 0) is 6.07 Å². The fourth-order valence-electron chi connectivity index (χ4n) is 1.27. The standard InChI is InChI=1S/C10H12F3NO2.ClH/c11-10(12,13)9(14)5-8(16)6-3-1-2-4-7(6)15;/h1-4,8-9,15-16H,5,14H2;1H/t8-,9+;/m1./s1. The third-order valence-corrected chi connectivity index (χ3v) is 2.19. The molecule has 0 aliphatic carbocycles. The highest BCUT2D eigenvalue weighted by Gasteiger charge is 2.38. The van der Waals surface area contributed by atoms with E-state index in [0.29, 0.717) is 0 Å². The fourth-order valence-corrected chi connectivity index (χ4v) is 1.27. The number of benzene rings is 1. The molecule has 2 atom stereocenters. The van der Waals surface area contributed by atoms with E-state index in [0.717, 1.165) is 0 Å². The van der Waals surface area contributed by atoms with Crippen molar-refractivity contribution in [2.45, 2.75) is 24.7 Å². The minimum atomic E-state index is -4.55.